The molecule has 0 radical (unpaired) electrons. The summed E-state index contributed by atoms with van der Waals surface area (Å²) in [5.41, 5.74) is 18.6. The van der Waals surface area contributed by atoms with Gasteiger partial charge in [-0.25, -0.2) is 4.68 Å². The van der Waals surface area contributed by atoms with E-state index >= 15 is 0 Å². The monoisotopic (exact) mass is 272 g/mol. The molecule has 100 valence electrons. The number of hydrogen-bond acceptors (Lipinski definition) is 4. The van der Waals surface area contributed by atoms with Crippen molar-refractivity contribution in [2.75, 3.05) is 0 Å². The van der Waals surface area contributed by atoms with Crippen LogP contribution in [0.1, 0.15) is 23.9 Å². The number of nitrogen functional groups attached to an aromatic ring is 1. The first-order valence-corrected chi connectivity index (χ1v) is 4.88. The lowest BCUT2D eigenvalue weighted by atomic mass is 10.1. The van der Waals surface area contributed by atoms with Gasteiger partial charge in [0.05, 0.1) is 17.1 Å². The fourth-order valence-electron chi connectivity index (χ4n) is 1.58. The Balaban J connectivity index is 0.00000289. The number of halogens is 1. The van der Waals surface area contributed by atoms with Crippen LogP contribution in [0, 0.1) is 19.3 Å². The van der Waals surface area contributed by atoms with Gasteiger partial charge in [-0.2, -0.15) is 10.2 Å². The van der Waals surface area contributed by atoms with Gasteiger partial charge in [0.15, 0.2) is 0 Å². The van der Waals surface area contributed by atoms with Crippen molar-refractivity contribution < 1.29 is 0 Å². The van der Waals surface area contributed by atoms with Gasteiger partial charge in [0.25, 0.3) is 0 Å². The van der Waals surface area contributed by atoms with E-state index < -0.39 is 0 Å². The van der Waals surface area contributed by atoms with Gasteiger partial charge in [0.2, 0.25) is 11.9 Å². The predicted octanol–water partition coefficient (Wildman–Crippen LogP) is -0.339. The molecule has 0 atom stereocenters. The summed E-state index contributed by atoms with van der Waals surface area (Å²) in [6.07, 6.45) is 0. The fraction of sp³-hybridized carbons (Fsp3) is 0.333. The number of hydrogen-bond donors (Lipinski definition) is 4. The number of nitrogens with zero attached hydrogens (tertiary/aromatic N) is 4. The van der Waals surface area contributed by atoms with E-state index in [0.29, 0.717) is 11.4 Å². The largest absolute Gasteiger partial charge is 0.369 e. The zero-order valence-corrected chi connectivity index (χ0v) is 11.2. The zero-order valence-electron chi connectivity index (χ0n) is 10.4. The molecule has 1 heterocycles. The van der Waals surface area contributed by atoms with Gasteiger partial charge in [-0.15, -0.1) is 17.5 Å². The summed E-state index contributed by atoms with van der Waals surface area (Å²) in [5, 5.41) is 19.0. The number of aromatic nitrogens is 2. The third-order valence-corrected chi connectivity index (χ3v) is 2.20. The Hall–Kier alpha value is -2.09. The molecule has 9 heteroatoms. The molecule has 1 aromatic heterocycles. The maximum atomic E-state index is 7.37. The molecule has 8 nitrogen and oxygen atoms in total. The van der Waals surface area contributed by atoms with Crippen LogP contribution in [0.5, 0.6) is 0 Å². The summed E-state index contributed by atoms with van der Waals surface area (Å²) < 4.78 is 1.33. The minimum Gasteiger partial charge on any atom is -0.369 e. The van der Waals surface area contributed by atoms with E-state index in [9.17, 15) is 0 Å². The Kier molecular flexibility index (Phi) is 5.31. The van der Waals surface area contributed by atoms with Crippen LogP contribution in [-0.2, 0) is 0 Å². The van der Waals surface area contributed by atoms with Crippen molar-refractivity contribution in [3.63, 3.8) is 0 Å². The van der Waals surface area contributed by atoms with E-state index in [1.807, 2.05) is 0 Å². The summed E-state index contributed by atoms with van der Waals surface area (Å²) in [6, 6.07) is 0. The van der Waals surface area contributed by atoms with Crippen molar-refractivity contribution in [3.05, 3.63) is 17.0 Å². The number of rotatable bonds is 2. The molecule has 1 aromatic rings. The molecule has 0 aliphatic carbocycles. The van der Waals surface area contributed by atoms with Gasteiger partial charge < -0.3 is 17.2 Å². The number of aryl methyl sites for hydroxylation is 1. The highest BCUT2D eigenvalue weighted by molar-refractivity contribution is 6.01. The second-order valence-electron chi connectivity index (χ2n) is 3.55. The lowest BCUT2D eigenvalue weighted by molar-refractivity contribution is 0.863. The third-order valence-electron chi connectivity index (χ3n) is 2.20. The van der Waals surface area contributed by atoms with Gasteiger partial charge in [0, 0.05) is 5.56 Å². The van der Waals surface area contributed by atoms with E-state index in [4.69, 9.17) is 22.6 Å². The van der Waals surface area contributed by atoms with E-state index in [1.54, 1.807) is 20.8 Å². The summed E-state index contributed by atoms with van der Waals surface area (Å²) in [4.78, 5) is 0. The highest BCUT2D eigenvalue weighted by atomic mass is 35.5. The van der Waals surface area contributed by atoms with Crippen molar-refractivity contribution in [1.29, 1.82) is 5.41 Å². The molecule has 0 amide bonds. The number of guanidine groups is 1. The van der Waals surface area contributed by atoms with Crippen molar-refractivity contribution >= 4 is 30.0 Å². The number of nitrogens with two attached hydrogens (primary N) is 3. The average molecular weight is 273 g/mol. The van der Waals surface area contributed by atoms with Crippen molar-refractivity contribution in [1.82, 2.24) is 9.78 Å². The third kappa shape index (κ3) is 3.20. The minimum absolute atomic E-state index is 0. The Morgan fingerprint density at radius 3 is 2.17 bits per heavy atom. The second-order valence-corrected chi connectivity index (χ2v) is 3.55. The van der Waals surface area contributed by atoms with Gasteiger partial charge in [-0.05, 0) is 20.8 Å². The molecule has 0 spiro atoms. The quantitative estimate of drug-likeness (QED) is 0.331. The molecule has 0 aromatic carbocycles. The van der Waals surface area contributed by atoms with Crippen LogP contribution < -0.4 is 17.2 Å². The molecule has 7 N–H and O–H groups in total. The van der Waals surface area contributed by atoms with Gasteiger partial charge >= 0.3 is 0 Å². The lowest BCUT2D eigenvalue weighted by Gasteiger charge is -2.01. The molecular weight excluding hydrogens is 256 g/mol. The van der Waals surface area contributed by atoms with Gasteiger partial charge in [-0.1, -0.05) is 0 Å². The number of nitrogens with one attached hydrogen (secondary N) is 1. The molecule has 0 saturated heterocycles. The van der Waals surface area contributed by atoms with Crippen LogP contribution in [0.4, 0.5) is 0 Å². The molecule has 18 heavy (non-hydrogen) atoms. The highest BCUT2D eigenvalue weighted by Crippen LogP contribution is 2.13. The highest BCUT2D eigenvalue weighted by Gasteiger charge is 2.15. The van der Waals surface area contributed by atoms with Crippen LogP contribution in [-0.4, -0.2) is 27.4 Å². The van der Waals surface area contributed by atoms with Crippen LogP contribution in [0.25, 0.3) is 0 Å². The topological polar surface area (TPSA) is 144 Å². The normalized spacial score (nSPS) is 10.7. The van der Waals surface area contributed by atoms with Crippen LogP contribution in [0.15, 0.2) is 10.2 Å². The Morgan fingerprint density at radius 1 is 1.22 bits per heavy atom. The first-order valence-electron chi connectivity index (χ1n) is 4.88. The van der Waals surface area contributed by atoms with Gasteiger partial charge in [-0.3, -0.25) is 5.41 Å². The van der Waals surface area contributed by atoms with Crippen molar-refractivity contribution in [3.8, 4) is 0 Å². The van der Waals surface area contributed by atoms with Crippen molar-refractivity contribution in [2.24, 2.45) is 27.4 Å². The summed E-state index contributed by atoms with van der Waals surface area (Å²) in [7, 11) is 0. The van der Waals surface area contributed by atoms with Crippen LogP contribution in [0.2, 0.25) is 0 Å². The van der Waals surface area contributed by atoms with Gasteiger partial charge in [0.1, 0.15) is 0 Å². The fourth-order valence-corrected chi connectivity index (χ4v) is 1.58. The van der Waals surface area contributed by atoms with E-state index in [1.165, 1.54) is 4.68 Å². The molecule has 0 aliphatic rings. The zero-order chi connectivity index (χ0) is 13.2. The Labute approximate surface area is 111 Å². The van der Waals surface area contributed by atoms with E-state index in [-0.39, 0.29) is 24.3 Å². The average Bonchev–Trinajstić information content (AvgIpc) is 2.51. The molecule has 0 fully saturated rings. The lowest BCUT2D eigenvalue weighted by Crippen LogP contribution is -2.23. The molecule has 1 rings (SSSR count). The van der Waals surface area contributed by atoms with Crippen LogP contribution in [0.3, 0.4) is 0 Å². The molecule has 0 aliphatic heterocycles. The predicted molar refractivity (Wildman–Crippen MR) is 74.3 cm³/mol. The Bertz CT molecular complexity index is 509. The standard InChI is InChI=1S/C9H16N8.ClH/c1-4(14-15-8(10)11)7-5(2)16-17(6(7)3)9(12)13;/h1-3H3,(H3,12,13)(H4,10,11,15);1H/b14-4+;. The molecule has 0 bridgehead atoms. The smallest absolute Gasteiger partial charge is 0.213 e. The molecule has 0 saturated carbocycles. The first-order chi connectivity index (χ1) is 7.84. The minimum atomic E-state index is -0.147. The second kappa shape index (κ2) is 6.01. The van der Waals surface area contributed by atoms with Crippen molar-refractivity contribution in [2.45, 2.75) is 20.8 Å². The summed E-state index contributed by atoms with van der Waals surface area (Å²) >= 11 is 0. The van der Waals surface area contributed by atoms with E-state index in [0.717, 1.165) is 11.3 Å². The van der Waals surface area contributed by atoms with E-state index in [2.05, 4.69) is 15.3 Å². The molecular formula is C9H17ClN8. The summed E-state index contributed by atoms with van der Waals surface area (Å²) in [6.45, 7) is 5.36. The Morgan fingerprint density at radius 2 is 1.78 bits per heavy atom. The van der Waals surface area contributed by atoms with Crippen LogP contribution >= 0.6 is 12.4 Å². The maximum absolute atomic E-state index is 7.37. The molecule has 0 unspecified atom stereocenters. The first kappa shape index (κ1) is 15.9. The maximum Gasteiger partial charge on any atom is 0.213 e. The SMILES string of the molecule is C/C(=N\N=C(N)N)c1c(C)nn(C(=N)N)c1C.Cl. The summed E-state index contributed by atoms with van der Waals surface area (Å²) in [5.74, 6) is -0.259.